The van der Waals surface area contributed by atoms with E-state index in [9.17, 15) is 27.3 Å². The molecule has 27 heavy (non-hydrogen) atoms. The number of hydrogen-bond acceptors (Lipinski definition) is 10. The zero-order valence-electron chi connectivity index (χ0n) is 13.8. The van der Waals surface area contributed by atoms with E-state index in [-0.39, 0.29) is 22.1 Å². The molecule has 0 aliphatic rings. The third kappa shape index (κ3) is 6.02. The molecule has 0 fully saturated rings. The van der Waals surface area contributed by atoms with Gasteiger partial charge in [0, 0.05) is 0 Å². The monoisotopic (exact) mass is 434 g/mol. The molecule has 0 aliphatic carbocycles. The van der Waals surface area contributed by atoms with Gasteiger partial charge in [0.25, 0.3) is 0 Å². The smallest absolute Gasteiger partial charge is 0.470 e. The van der Waals surface area contributed by atoms with Crippen LogP contribution in [0, 0.1) is 13.8 Å². The van der Waals surface area contributed by atoms with Crippen LogP contribution >= 0.6 is 16.1 Å². The molecule has 0 N–H and O–H groups in total. The zero-order chi connectivity index (χ0) is 20.2. The molecular formula is C14H12O10P2S. The van der Waals surface area contributed by atoms with Crippen LogP contribution < -0.4 is 30.2 Å². The van der Waals surface area contributed by atoms with Gasteiger partial charge in [-0.3, -0.25) is 0 Å². The fourth-order valence-electron chi connectivity index (χ4n) is 1.85. The lowest BCUT2D eigenvalue weighted by atomic mass is 10.2. The first-order valence-electron chi connectivity index (χ1n) is 7.06. The van der Waals surface area contributed by atoms with Crippen molar-refractivity contribution in [1.82, 2.24) is 0 Å². The third-order valence-corrected chi connectivity index (χ3v) is 4.99. The summed E-state index contributed by atoms with van der Waals surface area (Å²) in [6.45, 7) is 3.25. The van der Waals surface area contributed by atoms with Crippen molar-refractivity contribution in [3.05, 3.63) is 47.5 Å². The zero-order valence-corrected chi connectivity index (χ0v) is 16.5. The van der Waals surface area contributed by atoms with Crippen LogP contribution in [0.2, 0.25) is 0 Å². The van der Waals surface area contributed by atoms with Crippen LogP contribution in [-0.4, -0.2) is 8.42 Å². The van der Waals surface area contributed by atoms with E-state index in [2.05, 4.69) is 18.4 Å². The van der Waals surface area contributed by atoms with Gasteiger partial charge < -0.3 is 19.6 Å². The van der Waals surface area contributed by atoms with Crippen molar-refractivity contribution in [3.63, 3.8) is 0 Å². The normalized spacial score (nSPS) is 12.4. The predicted octanol–water partition coefficient (Wildman–Crippen LogP) is 0.325. The molecule has 0 saturated carbocycles. The third-order valence-electron chi connectivity index (χ3n) is 3.04. The second kappa shape index (κ2) is 8.81. The summed E-state index contributed by atoms with van der Waals surface area (Å²) in [5.74, 6) is -0.773. The van der Waals surface area contributed by atoms with E-state index in [1.165, 1.54) is 36.4 Å². The minimum absolute atomic E-state index is 0.301. The maximum absolute atomic E-state index is 11.7. The lowest BCUT2D eigenvalue weighted by molar-refractivity contribution is -0.166. The topological polar surface area (TPSA) is 151 Å². The van der Waals surface area contributed by atoms with E-state index >= 15 is 0 Å². The van der Waals surface area contributed by atoms with E-state index in [4.69, 9.17) is 0 Å². The maximum atomic E-state index is 11.7. The first kappa shape index (κ1) is 21.3. The van der Waals surface area contributed by atoms with Gasteiger partial charge in [0.1, 0.15) is 0 Å². The molecule has 10 nitrogen and oxygen atoms in total. The molecule has 144 valence electrons. The van der Waals surface area contributed by atoms with Crippen LogP contribution in [0.3, 0.4) is 0 Å². The van der Waals surface area contributed by atoms with Gasteiger partial charge >= 0.3 is 26.5 Å². The molecule has 2 aromatic carbocycles. The number of benzene rings is 2. The molecule has 2 atom stereocenters. The van der Waals surface area contributed by atoms with Crippen molar-refractivity contribution in [2.45, 2.75) is 13.8 Å². The Morgan fingerprint density at radius 3 is 1.48 bits per heavy atom. The van der Waals surface area contributed by atoms with Gasteiger partial charge in [0.05, 0.1) is 0 Å². The van der Waals surface area contributed by atoms with Gasteiger partial charge in [0.15, 0.2) is 0 Å². The number of aryl methyl sites for hydroxylation is 2. The summed E-state index contributed by atoms with van der Waals surface area (Å²) in [7, 11) is -11.1. The number of hydrogen-bond donors (Lipinski definition) is 0. The minimum atomic E-state index is -4.92. The minimum Gasteiger partial charge on any atom is -0.591 e. The van der Waals surface area contributed by atoms with Crippen molar-refractivity contribution < 1.29 is 45.8 Å². The molecule has 0 radical (unpaired) electrons. The maximum Gasteiger partial charge on any atom is 0.470 e. The Hall–Kier alpha value is -1.97. The van der Waals surface area contributed by atoms with E-state index in [0.29, 0.717) is 11.1 Å². The SMILES string of the molecule is Cc1ccc(OOS(=O)(=O)OOc2ccc(C)cc2[P+](=O)[O-])c([P+](=O)[O-])c1. The lowest BCUT2D eigenvalue weighted by Gasteiger charge is -2.07. The average Bonchev–Trinajstić information content (AvgIpc) is 2.59. The van der Waals surface area contributed by atoms with Gasteiger partial charge in [-0.25, -0.2) is 0 Å². The molecule has 0 amide bonds. The van der Waals surface area contributed by atoms with Crippen LogP contribution in [0.25, 0.3) is 0 Å². The largest absolute Gasteiger partial charge is 0.591 e. The van der Waals surface area contributed by atoms with Crippen molar-refractivity contribution >= 4 is 37.1 Å². The summed E-state index contributed by atoms with van der Waals surface area (Å²) in [4.78, 5) is 31.4. The van der Waals surface area contributed by atoms with Crippen LogP contribution in [0.4, 0.5) is 0 Å². The van der Waals surface area contributed by atoms with Crippen molar-refractivity contribution in [2.24, 2.45) is 0 Å². The molecular weight excluding hydrogens is 422 g/mol. The molecule has 0 bridgehead atoms. The Bertz CT molecular complexity index is 916. The highest BCUT2D eigenvalue weighted by atomic mass is 32.3. The quantitative estimate of drug-likeness (QED) is 0.323. The fourth-order valence-corrected chi connectivity index (χ4v) is 3.39. The highest BCUT2D eigenvalue weighted by Crippen LogP contribution is 2.23. The Labute approximate surface area is 156 Å². The van der Waals surface area contributed by atoms with E-state index in [1.807, 2.05) is 0 Å². The van der Waals surface area contributed by atoms with Gasteiger partial charge in [-0.1, -0.05) is 21.3 Å². The first-order valence-corrected chi connectivity index (χ1v) is 10.8. The molecule has 0 saturated heterocycles. The van der Waals surface area contributed by atoms with Gasteiger partial charge in [-0.05, 0) is 57.9 Å². The van der Waals surface area contributed by atoms with E-state index < -0.39 is 26.5 Å². The van der Waals surface area contributed by atoms with Crippen LogP contribution in [-0.2, 0) is 28.2 Å². The molecule has 0 spiro atoms. The van der Waals surface area contributed by atoms with E-state index in [0.717, 1.165) is 0 Å². The molecule has 0 heterocycles. The molecule has 0 aliphatic heterocycles. The van der Waals surface area contributed by atoms with Gasteiger partial charge in [-0.15, -0.1) is 0 Å². The standard InChI is InChI=1S/C14H12O10P2S/c1-9-3-5-11(13(7-9)25(15)16)21-23-27(19,20)24-22-12-6-4-10(2)8-14(12)26(17)18/h3-8H,1-2H3. The van der Waals surface area contributed by atoms with Crippen LogP contribution in [0.1, 0.15) is 11.1 Å². The fraction of sp³-hybridized carbons (Fsp3) is 0.143. The Morgan fingerprint density at radius 1 is 0.778 bits per heavy atom. The highest BCUT2D eigenvalue weighted by molar-refractivity contribution is 7.81. The Kier molecular flexibility index (Phi) is 6.96. The summed E-state index contributed by atoms with van der Waals surface area (Å²) in [6, 6.07) is 7.80. The number of rotatable bonds is 8. The van der Waals surface area contributed by atoms with Crippen LogP contribution in [0.5, 0.6) is 11.5 Å². The van der Waals surface area contributed by atoms with Gasteiger partial charge in [-0.2, -0.15) is 8.42 Å². The summed E-state index contributed by atoms with van der Waals surface area (Å²) in [6.07, 6.45) is 0. The van der Waals surface area contributed by atoms with E-state index in [1.54, 1.807) is 13.8 Å². The molecule has 2 unspecified atom stereocenters. The average molecular weight is 434 g/mol. The summed E-state index contributed by atoms with van der Waals surface area (Å²) in [5.41, 5.74) is 1.19. The molecule has 13 heteroatoms. The predicted molar refractivity (Wildman–Crippen MR) is 89.2 cm³/mol. The molecule has 2 rings (SSSR count). The second-order valence-corrected chi connectivity index (χ2v) is 8.25. The summed E-state index contributed by atoms with van der Waals surface area (Å²) >= 11 is 0. The second-order valence-electron chi connectivity index (χ2n) is 5.17. The Morgan fingerprint density at radius 2 is 1.15 bits per heavy atom. The first-order chi connectivity index (χ1) is 12.6. The Balaban J connectivity index is 2.09. The molecule has 2 aromatic rings. The lowest BCUT2D eigenvalue weighted by Crippen LogP contribution is -2.19. The van der Waals surface area contributed by atoms with Crippen molar-refractivity contribution in [1.29, 1.82) is 0 Å². The van der Waals surface area contributed by atoms with Crippen molar-refractivity contribution in [2.75, 3.05) is 0 Å². The highest BCUT2D eigenvalue weighted by Gasteiger charge is 2.24. The van der Waals surface area contributed by atoms with Crippen LogP contribution in [0.15, 0.2) is 36.4 Å². The summed E-state index contributed by atoms with van der Waals surface area (Å²) < 4.78 is 53.9. The van der Waals surface area contributed by atoms with Gasteiger partial charge in [0.2, 0.25) is 22.1 Å². The molecule has 0 aromatic heterocycles. The summed E-state index contributed by atoms with van der Waals surface area (Å²) in [5, 5.41) is -0.601. The van der Waals surface area contributed by atoms with Crippen molar-refractivity contribution in [3.8, 4) is 11.5 Å².